The summed E-state index contributed by atoms with van der Waals surface area (Å²) in [6, 6.07) is 0. The first-order valence-electron chi connectivity index (χ1n) is 4.63. The molecule has 3 nitrogen and oxygen atoms in total. The number of hydrogen-bond donors (Lipinski definition) is 1. The Kier molecular flexibility index (Phi) is 6.04. The van der Waals surface area contributed by atoms with Crippen molar-refractivity contribution < 1.29 is 9.53 Å². The molecule has 0 aromatic heterocycles. The van der Waals surface area contributed by atoms with Gasteiger partial charge in [0.2, 0.25) is 0 Å². The SMILES string of the molecule is C=C(Br)CN[C@@](C)(CCC)C(=O)OC. The molecule has 0 aliphatic carbocycles. The van der Waals surface area contributed by atoms with E-state index in [1.54, 1.807) is 0 Å². The first kappa shape index (κ1) is 13.7. The maximum absolute atomic E-state index is 11.5. The fraction of sp³-hybridized carbons (Fsp3) is 0.700. The van der Waals surface area contributed by atoms with Crippen LogP contribution in [0.2, 0.25) is 0 Å². The monoisotopic (exact) mass is 263 g/mol. The molecule has 0 aromatic carbocycles. The minimum absolute atomic E-state index is 0.229. The number of carbonyl (C=O) groups is 1. The highest BCUT2D eigenvalue weighted by Crippen LogP contribution is 2.15. The summed E-state index contributed by atoms with van der Waals surface area (Å²) < 4.78 is 5.58. The van der Waals surface area contributed by atoms with Crippen molar-refractivity contribution in [3.8, 4) is 0 Å². The average molecular weight is 264 g/mol. The van der Waals surface area contributed by atoms with Crippen LogP contribution in [0.5, 0.6) is 0 Å². The molecule has 82 valence electrons. The van der Waals surface area contributed by atoms with Gasteiger partial charge in [0, 0.05) is 11.0 Å². The molecular formula is C10H18BrNO2. The Hall–Kier alpha value is -0.350. The summed E-state index contributed by atoms with van der Waals surface area (Å²) >= 11 is 3.24. The van der Waals surface area contributed by atoms with Crippen molar-refractivity contribution in [1.29, 1.82) is 0 Å². The maximum Gasteiger partial charge on any atom is 0.325 e. The second kappa shape index (κ2) is 6.19. The van der Waals surface area contributed by atoms with E-state index in [1.807, 2.05) is 13.8 Å². The van der Waals surface area contributed by atoms with Crippen LogP contribution in [0.4, 0.5) is 0 Å². The molecule has 0 amide bonds. The van der Waals surface area contributed by atoms with Gasteiger partial charge in [-0.25, -0.2) is 0 Å². The van der Waals surface area contributed by atoms with Crippen molar-refractivity contribution in [2.45, 2.75) is 32.2 Å². The molecule has 0 saturated heterocycles. The predicted molar refractivity (Wildman–Crippen MR) is 61.4 cm³/mol. The van der Waals surface area contributed by atoms with Crippen LogP contribution in [-0.4, -0.2) is 25.2 Å². The highest BCUT2D eigenvalue weighted by molar-refractivity contribution is 9.11. The summed E-state index contributed by atoms with van der Waals surface area (Å²) in [6.45, 7) is 8.15. The molecule has 0 spiro atoms. The van der Waals surface area contributed by atoms with Gasteiger partial charge in [0.1, 0.15) is 5.54 Å². The average Bonchev–Trinajstić information content (AvgIpc) is 2.14. The minimum Gasteiger partial charge on any atom is -0.468 e. The third-order valence-corrected chi connectivity index (χ3v) is 2.34. The van der Waals surface area contributed by atoms with Gasteiger partial charge in [-0.2, -0.15) is 0 Å². The van der Waals surface area contributed by atoms with Crippen molar-refractivity contribution >= 4 is 21.9 Å². The fourth-order valence-corrected chi connectivity index (χ4v) is 1.42. The molecular weight excluding hydrogens is 246 g/mol. The molecule has 1 atom stereocenters. The third-order valence-electron chi connectivity index (χ3n) is 2.06. The Bertz CT molecular complexity index is 218. The van der Waals surface area contributed by atoms with Gasteiger partial charge in [0.05, 0.1) is 7.11 Å². The summed E-state index contributed by atoms with van der Waals surface area (Å²) in [5.74, 6) is -0.229. The topological polar surface area (TPSA) is 38.3 Å². The maximum atomic E-state index is 11.5. The Balaban J connectivity index is 4.38. The molecule has 0 heterocycles. The molecule has 14 heavy (non-hydrogen) atoms. The van der Waals surface area contributed by atoms with Gasteiger partial charge in [-0.05, 0) is 13.3 Å². The molecule has 1 N–H and O–H groups in total. The summed E-state index contributed by atoms with van der Waals surface area (Å²) in [4.78, 5) is 11.5. The van der Waals surface area contributed by atoms with Crippen molar-refractivity contribution in [3.63, 3.8) is 0 Å². The largest absolute Gasteiger partial charge is 0.468 e. The molecule has 0 unspecified atom stereocenters. The number of rotatable bonds is 6. The standard InChI is InChI=1S/C10H18BrNO2/c1-5-6-10(3,9(13)14-4)12-7-8(2)11/h12H,2,5-7H2,1,3-4H3/t10-/m0/s1. The number of halogens is 1. The molecule has 0 saturated carbocycles. The fourth-order valence-electron chi connectivity index (χ4n) is 1.28. The van der Waals surface area contributed by atoms with Crippen LogP contribution in [0.1, 0.15) is 26.7 Å². The van der Waals surface area contributed by atoms with E-state index < -0.39 is 5.54 Å². The van der Waals surface area contributed by atoms with Crippen LogP contribution in [0.15, 0.2) is 11.1 Å². The van der Waals surface area contributed by atoms with E-state index in [9.17, 15) is 4.79 Å². The van der Waals surface area contributed by atoms with Crippen molar-refractivity contribution in [3.05, 3.63) is 11.1 Å². The zero-order valence-electron chi connectivity index (χ0n) is 9.02. The second-order valence-corrected chi connectivity index (χ2v) is 4.57. The normalized spacial score (nSPS) is 14.6. The van der Waals surface area contributed by atoms with Gasteiger partial charge in [0.15, 0.2) is 0 Å². The minimum atomic E-state index is -0.611. The highest BCUT2D eigenvalue weighted by Gasteiger charge is 2.32. The Labute approximate surface area is 94.0 Å². The number of nitrogens with one attached hydrogen (secondary N) is 1. The Morgan fingerprint density at radius 3 is 2.57 bits per heavy atom. The van der Waals surface area contributed by atoms with Crippen LogP contribution in [-0.2, 0) is 9.53 Å². The number of ether oxygens (including phenoxy) is 1. The lowest BCUT2D eigenvalue weighted by Crippen LogP contribution is -2.50. The first-order valence-corrected chi connectivity index (χ1v) is 5.42. The highest BCUT2D eigenvalue weighted by atomic mass is 79.9. The molecule has 0 aromatic rings. The quantitative estimate of drug-likeness (QED) is 0.747. The molecule has 0 aliphatic heterocycles. The van der Waals surface area contributed by atoms with E-state index >= 15 is 0 Å². The van der Waals surface area contributed by atoms with Crippen molar-refractivity contribution in [2.75, 3.05) is 13.7 Å². The summed E-state index contributed by atoms with van der Waals surface area (Å²) in [6.07, 6.45) is 1.67. The van der Waals surface area contributed by atoms with E-state index in [0.29, 0.717) is 6.54 Å². The lowest BCUT2D eigenvalue weighted by molar-refractivity contribution is -0.148. The lowest BCUT2D eigenvalue weighted by Gasteiger charge is -2.27. The second-order valence-electron chi connectivity index (χ2n) is 3.44. The van der Waals surface area contributed by atoms with Gasteiger partial charge < -0.3 is 4.74 Å². The van der Waals surface area contributed by atoms with Gasteiger partial charge in [-0.1, -0.05) is 35.9 Å². The molecule has 0 radical (unpaired) electrons. The molecule has 4 heteroatoms. The molecule has 0 fully saturated rings. The Morgan fingerprint density at radius 1 is 1.64 bits per heavy atom. The number of esters is 1. The van der Waals surface area contributed by atoms with E-state index in [0.717, 1.165) is 17.3 Å². The van der Waals surface area contributed by atoms with Gasteiger partial charge >= 0.3 is 5.97 Å². The number of carbonyl (C=O) groups excluding carboxylic acids is 1. The smallest absolute Gasteiger partial charge is 0.325 e. The van der Waals surface area contributed by atoms with Gasteiger partial charge in [-0.3, -0.25) is 10.1 Å². The third kappa shape index (κ3) is 4.24. The van der Waals surface area contributed by atoms with E-state index in [4.69, 9.17) is 4.74 Å². The van der Waals surface area contributed by atoms with Crippen LogP contribution in [0.3, 0.4) is 0 Å². The van der Waals surface area contributed by atoms with E-state index in [2.05, 4.69) is 27.8 Å². The van der Waals surface area contributed by atoms with Gasteiger partial charge in [-0.15, -0.1) is 0 Å². The van der Waals surface area contributed by atoms with Crippen LogP contribution in [0, 0.1) is 0 Å². The van der Waals surface area contributed by atoms with E-state index in [-0.39, 0.29) is 5.97 Å². The number of hydrogen-bond acceptors (Lipinski definition) is 3. The molecule has 0 rings (SSSR count). The van der Waals surface area contributed by atoms with Crippen LogP contribution in [0.25, 0.3) is 0 Å². The van der Waals surface area contributed by atoms with Crippen molar-refractivity contribution in [2.24, 2.45) is 0 Å². The summed E-state index contributed by atoms with van der Waals surface area (Å²) in [5.41, 5.74) is -0.611. The van der Waals surface area contributed by atoms with E-state index in [1.165, 1.54) is 7.11 Å². The zero-order chi connectivity index (χ0) is 11.2. The number of methoxy groups -OCH3 is 1. The van der Waals surface area contributed by atoms with Crippen molar-refractivity contribution in [1.82, 2.24) is 5.32 Å². The predicted octanol–water partition coefficient (Wildman–Crippen LogP) is 2.22. The zero-order valence-corrected chi connectivity index (χ0v) is 10.6. The summed E-state index contributed by atoms with van der Waals surface area (Å²) in [5, 5.41) is 3.13. The Morgan fingerprint density at radius 2 is 2.21 bits per heavy atom. The first-order chi connectivity index (χ1) is 6.46. The molecule has 0 aliphatic rings. The van der Waals surface area contributed by atoms with Gasteiger partial charge in [0.25, 0.3) is 0 Å². The lowest BCUT2D eigenvalue weighted by atomic mass is 9.96. The van der Waals surface area contributed by atoms with Crippen LogP contribution >= 0.6 is 15.9 Å². The van der Waals surface area contributed by atoms with Crippen LogP contribution < -0.4 is 5.32 Å². The molecule has 0 bridgehead atoms. The summed E-state index contributed by atoms with van der Waals surface area (Å²) in [7, 11) is 1.40.